The summed E-state index contributed by atoms with van der Waals surface area (Å²) in [6, 6.07) is 11.0. The summed E-state index contributed by atoms with van der Waals surface area (Å²) >= 11 is 0. The molecule has 0 atom stereocenters. The monoisotopic (exact) mass is 297 g/mol. The van der Waals surface area contributed by atoms with Crippen LogP contribution in [0.3, 0.4) is 0 Å². The molecule has 1 rings (SSSR count). The van der Waals surface area contributed by atoms with Gasteiger partial charge in [0.2, 0.25) is 0 Å². The first-order chi connectivity index (χ1) is 9.07. The van der Waals surface area contributed by atoms with Crippen LogP contribution in [0.15, 0.2) is 34.3 Å². The highest BCUT2D eigenvalue weighted by atomic mass is 35.5. The molecule has 0 unspecified atom stereocenters. The van der Waals surface area contributed by atoms with Crippen molar-refractivity contribution in [1.29, 1.82) is 0 Å². The third-order valence-electron chi connectivity index (χ3n) is 2.60. The van der Waals surface area contributed by atoms with Gasteiger partial charge in [0.15, 0.2) is 0 Å². The molecule has 0 N–H and O–H groups in total. The van der Waals surface area contributed by atoms with Crippen molar-refractivity contribution in [2.75, 3.05) is 33.7 Å². The van der Waals surface area contributed by atoms with Crippen LogP contribution in [0.1, 0.15) is 24.5 Å². The van der Waals surface area contributed by atoms with Crippen LogP contribution in [0.25, 0.3) is 0 Å². The fraction of sp³-hybridized carbons (Fsp3) is 0.562. The molecule has 0 aromatic heterocycles. The van der Waals surface area contributed by atoms with Gasteiger partial charge in [0.05, 0.1) is 12.6 Å². The Morgan fingerprint density at radius 3 is 2.00 bits per heavy atom. The zero-order chi connectivity index (χ0) is 14.5. The van der Waals surface area contributed by atoms with Gasteiger partial charge in [-0.05, 0) is 59.0 Å². The van der Waals surface area contributed by atoms with E-state index in [1.807, 2.05) is 6.92 Å². The van der Waals surface area contributed by atoms with Gasteiger partial charge in [-0.2, -0.15) is 0 Å². The van der Waals surface area contributed by atoms with Crippen molar-refractivity contribution in [3.05, 3.63) is 35.4 Å². The Labute approximate surface area is 130 Å². The largest absolute Gasteiger partial charge is 0.309 e. The molecular weight excluding hydrogens is 270 g/mol. The number of hydrogen-bond acceptors (Lipinski definition) is 3. The molecular formula is C16H28ClN3. The van der Waals surface area contributed by atoms with Gasteiger partial charge >= 0.3 is 0 Å². The van der Waals surface area contributed by atoms with E-state index in [2.05, 4.69) is 73.1 Å². The van der Waals surface area contributed by atoms with Gasteiger partial charge in [-0.25, -0.2) is 9.98 Å². The minimum atomic E-state index is 0. The van der Waals surface area contributed by atoms with Crippen molar-refractivity contribution in [3.8, 4) is 0 Å². The molecule has 0 aliphatic rings. The van der Waals surface area contributed by atoms with E-state index >= 15 is 0 Å². The smallest absolute Gasteiger partial charge is 0.0892 e. The van der Waals surface area contributed by atoms with Crippen molar-refractivity contribution < 1.29 is 0 Å². The SMILES string of the molecule is CCN=C=NCCCN(C)C.Cc1ccccc1C.Cl. The molecule has 0 aliphatic heterocycles. The van der Waals surface area contributed by atoms with E-state index in [-0.39, 0.29) is 12.4 Å². The maximum atomic E-state index is 3.99. The highest BCUT2D eigenvalue weighted by molar-refractivity contribution is 5.85. The second-order valence-corrected chi connectivity index (χ2v) is 4.70. The molecule has 4 heteroatoms. The zero-order valence-electron chi connectivity index (χ0n) is 13.4. The number of benzene rings is 1. The van der Waals surface area contributed by atoms with Crippen LogP contribution >= 0.6 is 12.4 Å². The van der Waals surface area contributed by atoms with Crippen molar-refractivity contribution in [2.24, 2.45) is 9.98 Å². The first-order valence-electron chi connectivity index (χ1n) is 6.82. The van der Waals surface area contributed by atoms with Gasteiger partial charge in [0.1, 0.15) is 0 Å². The quantitative estimate of drug-likeness (QED) is 0.599. The first-order valence-corrected chi connectivity index (χ1v) is 6.82. The summed E-state index contributed by atoms with van der Waals surface area (Å²) in [4.78, 5) is 9.99. The number of aryl methyl sites for hydroxylation is 2. The second kappa shape index (κ2) is 14.3. The van der Waals surface area contributed by atoms with Crippen LogP contribution in [0.5, 0.6) is 0 Å². The highest BCUT2D eigenvalue weighted by Gasteiger charge is 1.86. The molecule has 1 aromatic carbocycles. The van der Waals surface area contributed by atoms with Gasteiger partial charge in [-0.1, -0.05) is 24.3 Å². The normalized spacial score (nSPS) is 8.90. The molecule has 3 nitrogen and oxygen atoms in total. The van der Waals surface area contributed by atoms with Crippen molar-refractivity contribution in [1.82, 2.24) is 4.90 Å². The number of rotatable bonds is 5. The standard InChI is InChI=1S/C8H17N3.C8H10.ClH/c1-4-9-8-10-6-5-7-11(2)3;1-7-5-3-4-6-8(7)2;/h4-7H2,1-3H3;3-6H,1-2H3;1H. The Balaban J connectivity index is 0. The lowest BCUT2D eigenvalue weighted by Gasteiger charge is -2.05. The summed E-state index contributed by atoms with van der Waals surface area (Å²) in [7, 11) is 4.12. The molecule has 0 saturated carbocycles. The molecule has 0 aliphatic carbocycles. The topological polar surface area (TPSA) is 28.0 Å². The van der Waals surface area contributed by atoms with Crippen LogP contribution in [-0.4, -0.2) is 44.6 Å². The van der Waals surface area contributed by atoms with Crippen molar-refractivity contribution in [3.63, 3.8) is 0 Å². The summed E-state index contributed by atoms with van der Waals surface area (Å²) in [6.07, 6.45) is 1.08. The van der Waals surface area contributed by atoms with E-state index < -0.39 is 0 Å². The third-order valence-corrected chi connectivity index (χ3v) is 2.60. The number of halogens is 1. The first kappa shape index (κ1) is 21.2. The summed E-state index contributed by atoms with van der Waals surface area (Å²) in [6.45, 7) is 8.91. The van der Waals surface area contributed by atoms with E-state index in [0.29, 0.717) is 0 Å². The van der Waals surface area contributed by atoms with Crippen LogP contribution < -0.4 is 0 Å². The van der Waals surface area contributed by atoms with Gasteiger partial charge in [-0.15, -0.1) is 12.4 Å². The molecule has 0 bridgehead atoms. The van der Waals surface area contributed by atoms with Gasteiger partial charge in [0, 0.05) is 6.54 Å². The maximum absolute atomic E-state index is 3.99. The molecule has 0 radical (unpaired) electrons. The van der Waals surface area contributed by atoms with E-state index in [1.54, 1.807) is 0 Å². The van der Waals surface area contributed by atoms with Crippen LogP contribution in [-0.2, 0) is 0 Å². The molecule has 20 heavy (non-hydrogen) atoms. The number of aliphatic imine (C=N–C) groups is 2. The highest BCUT2D eigenvalue weighted by Crippen LogP contribution is 2.02. The lowest BCUT2D eigenvalue weighted by molar-refractivity contribution is 0.403. The average molecular weight is 298 g/mol. The Kier molecular flexibility index (Phi) is 15.1. The van der Waals surface area contributed by atoms with Gasteiger partial charge < -0.3 is 4.90 Å². The molecule has 0 spiro atoms. The molecule has 1 aromatic rings. The van der Waals surface area contributed by atoms with Gasteiger partial charge in [-0.3, -0.25) is 0 Å². The predicted molar refractivity (Wildman–Crippen MR) is 91.6 cm³/mol. The predicted octanol–water partition coefficient (Wildman–Crippen LogP) is 3.86. The molecule has 114 valence electrons. The third kappa shape index (κ3) is 13.3. The summed E-state index contributed by atoms with van der Waals surface area (Å²) in [5.41, 5.74) is 2.74. The second-order valence-electron chi connectivity index (χ2n) is 4.70. The maximum Gasteiger partial charge on any atom is 0.0892 e. The lowest BCUT2D eigenvalue weighted by atomic mass is 10.1. The Hall–Kier alpha value is -1.15. The molecule has 0 fully saturated rings. The minimum absolute atomic E-state index is 0. The zero-order valence-corrected chi connectivity index (χ0v) is 14.2. The van der Waals surface area contributed by atoms with Gasteiger partial charge in [0.25, 0.3) is 0 Å². The summed E-state index contributed by atoms with van der Waals surface area (Å²) in [5.74, 6) is 0. The van der Waals surface area contributed by atoms with Crippen molar-refractivity contribution in [2.45, 2.75) is 27.2 Å². The fourth-order valence-corrected chi connectivity index (χ4v) is 1.30. The summed E-state index contributed by atoms with van der Waals surface area (Å²) in [5, 5.41) is 0. The Bertz CT molecular complexity index is 375. The Morgan fingerprint density at radius 2 is 1.60 bits per heavy atom. The van der Waals surface area contributed by atoms with Crippen LogP contribution in [0.2, 0.25) is 0 Å². The molecule has 0 saturated heterocycles. The Morgan fingerprint density at radius 1 is 1.05 bits per heavy atom. The number of hydrogen-bond donors (Lipinski definition) is 0. The van der Waals surface area contributed by atoms with Crippen LogP contribution in [0.4, 0.5) is 0 Å². The number of nitrogens with zero attached hydrogens (tertiary/aromatic N) is 3. The van der Waals surface area contributed by atoms with Crippen molar-refractivity contribution >= 4 is 18.4 Å². The van der Waals surface area contributed by atoms with Crippen LogP contribution in [0, 0.1) is 13.8 Å². The van der Waals surface area contributed by atoms with E-state index in [1.165, 1.54) is 11.1 Å². The van der Waals surface area contributed by atoms with E-state index in [9.17, 15) is 0 Å². The minimum Gasteiger partial charge on any atom is -0.309 e. The fourth-order valence-electron chi connectivity index (χ4n) is 1.30. The average Bonchev–Trinajstić information content (AvgIpc) is 2.38. The summed E-state index contributed by atoms with van der Waals surface area (Å²) < 4.78 is 0. The molecule has 0 amide bonds. The molecule has 0 heterocycles. The van der Waals surface area contributed by atoms with E-state index in [0.717, 1.165) is 26.1 Å². The lowest BCUT2D eigenvalue weighted by Crippen LogP contribution is -2.13. The van der Waals surface area contributed by atoms with E-state index in [4.69, 9.17) is 0 Å².